The van der Waals surface area contributed by atoms with E-state index in [1.54, 1.807) is 18.2 Å². The van der Waals surface area contributed by atoms with Crippen LogP contribution in [0.3, 0.4) is 0 Å². The molecule has 1 aliphatic rings. The second-order valence-electron chi connectivity index (χ2n) is 6.96. The fraction of sp³-hybridized carbons (Fsp3) is 0.263. The Hall–Kier alpha value is -2.47. The molecule has 1 aliphatic heterocycles. The molecule has 12 heteroatoms. The molecule has 2 heterocycles. The summed E-state index contributed by atoms with van der Waals surface area (Å²) in [6.07, 6.45) is 2.82. The lowest BCUT2D eigenvalue weighted by Gasteiger charge is -2.40. The number of hydrogen-bond donors (Lipinski definition) is 0. The van der Waals surface area contributed by atoms with Gasteiger partial charge in [-0.05, 0) is 29.3 Å². The number of carbonyl (C=O) groups is 1. The van der Waals surface area contributed by atoms with Gasteiger partial charge in [-0.25, -0.2) is 4.98 Å². The van der Waals surface area contributed by atoms with Crippen LogP contribution in [0.15, 0.2) is 59.0 Å². The van der Waals surface area contributed by atoms with Crippen LogP contribution in [0.25, 0.3) is 0 Å². The van der Waals surface area contributed by atoms with Crippen LogP contribution < -0.4 is 4.74 Å². The molecule has 0 saturated heterocycles. The van der Waals surface area contributed by atoms with Crippen molar-refractivity contribution in [2.45, 2.75) is 23.9 Å². The van der Waals surface area contributed by atoms with Crippen molar-refractivity contribution >= 4 is 26.9 Å². The number of aromatic nitrogens is 1. The van der Waals surface area contributed by atoms with Crippen LogP contribution in [-0.2, 0) is 28.6 Å². The molecule has 1 aromatic carbocycles. The van der Waals surface area contributed by atoms with E-state index in [0.29, 0.717) is 11.4 Å². The van der Waals surface area contributed by atoms with Gasteiger partial charge in [-0.15, -0.1) is 0 Å². The molecule has 0 radical (unpaired) electrons. The smallest absolute Gasteiger partial charge is 0.310 e. The highest BCUT2D eigenvalue weighted by atomic mass is 32.5. The molecular weight excluding hydrogens is 463 g/mol. The van der Waals surface area contributed by atoms with E-state index in [0.717, 1.165) is 12.1 Å². The minimum absolute atomic E-state index is 0.119. The van der Waals surface area contributed by atoms with Crippen LogP contribution in [0.5, 0.6) is 5.88 Å². The Labute approximate surface area is 178 Å². The molecule has 170 valence electrons. The van der Waals surface area contributed by atoms with Gasteiger partial charge < -0.3 is 9.64 Å². The summed E-state index contributed by atoms with van der Waals surface area (Å²) in [4.78, 5) is 16.4. The Kier molecular flexibility index (Phi) is 5.68. The summed E-state index contributed by atoms with van der Waals surface area (Å²) in [7, 11) is -9.57. The number of hydrogen-bond acceptors (Lipinski definition) is 4. The minimum Gasteiger partial charge on any atom is -0.481 e. The monoisotopic (exact) mass is 482 g/mol. The quantitative estimate of drug-likeness (QED) is 0.524. The van der Waals surface area contributed by atoms with Crippen LogP contribution in [0.4, 0.5) is 19.4 Å². The second-order valence-corrected chi connectivity index (χ2v) is 10.7. The molecule has 31 heavy (non-hydrogen) atoms. The van der Waals surface area contributed by atoms with E-state index in [2.05, 4.69) is 4.98 Å². The number of benzene rings is 1. The summed E-state index contributed by atoms with van der Waals surface area (Å²) in [5.41, 5.74) is 0.832. The molecule has 2 aromatic rings. The Bertz CT molecular complexity index is 1040. The fourth-order valence-electron chi connectivity index (χ4n) is 3.04. The standard InChI is InChI=1S/C19H19F5N2O3S2/c1-29-18-10-15(6-8-25-18)12-26(16-7-9-30(28)13-16)19(27)11-14-2-4-17(5-3-14)31(20,21,22,23)24/h2-10,16H,11-13H2,1H3. The zero-order chi connectivity index (χ0) is 22.9. The molecule has 0 bridgehead atoms. The van der Waals surface area contributed by atoms with E-state index in [9.17, 15) is 28.4 Å². The van der Waals surface area contributed by atoms with E-state index in [-0.39, 0.29) is 36.4 Å². The summed E-state index contributed by atoms with van der Waals surface area (Å²) in [6, 6.07) is 5.11. The number of halogens is 5. The first kappa shape index (κ1) is 23.2. The van der Waals surface area contributed by atoms with Crippen molar-refractivity contribution in [3.63, 3.8) is 0 Å². The maximum atomic E-state index is 13.0. The van der Waals surface area contributed by atoms with Gasteiger partial charge in [-0.2, -0.15) is 0 Å². The predicted octanol–water partition coefficient (Wildman–Crippen LogP) is 4.96. The van der Waals surface area contributed by atoms with E-state index < -0.39 is 37.9 Å². The number of amides is 1. The van der Waals surface area contributed by atoms with Crippen molar-refractivity contribution < 1.29 is 33.2 Å². The minimum atomic E-state index is -9.77. The zero-order valence-electron chi connectivity index (χ0n) is 16.2. The Morgan fingerprint density at radius 2 is 1.84 bits per heavy atom. The Balaban J connectivity index is 1.82. The number of ether oxygens (including phenoxy) is 1. The normalized spacial score (nSPS) is 20.7. The third kappa shape index (κ3) is 6.03. The molecule has 2 unspecified atom stereocenters. The average Bonchev–Trinajstić information content (AvgIpc) is 3.10. The van der Waals surface area contributed by atoms with Gasteiger partial charge in [0.2, 0.25) is 11.8 Å². The molecular formula is C19H19F5N2O3S2. The molecule has 1 aromatic heterocycles. The van der Waals surface area contributed by atoms with Gasteiger partial charge in [-0.3, -0.25) is 9.00 Å². The lowest BCUT2D eigenvalue weighted by molar-refractivity contribution is -0.132. The van der Waals surface area contributed by atoms with Gasteiger partial charge >= 0.3 is 10.2 Å². The van der Waals surface area contributed by atoms with E-state index in [4.69, 9.17) is 4.74 Å². The summed E-state index contributed by atoms with van der Waals surface area (Å²) >= 11 is 0. The predicted molar refractivity (Wildman–Crippen MR) is 109 cm³/mol. The van der Waals surface area contributed by atoms with Crippen LogP contribution in [0, 0.1) is 0 Å². The molecule has 0 fully saturated rings. The van der Waals surface area contributed by atoms with E-state index >= 15 is 0 Å². The highest BCUT2D eigenvalue weighted by Gasteiger charge is 2.65. The molecule has 3 rings (SSSR count). The number of carbonyl (C=O) groups excluding carboxylic acids is 1. The topological polar surface area (TPSA) is 59.5 Å². The molecule has 1 amide bonds. The Morgan fingerprint density at radius 1 is 1.16 bits per heavy atom. The summed E-state index contributed by atoms with van der Waals surface area (Å²) in [5, 5.41) is 1.47. The Morgan fingerprint density at radius 3 is 2.39 bits per heavy atom. The second kappa shape index (κ2) is 7.59. The lowest BCUT2D eigenvalue weighted by atomic mass is 10.1. The SMILES string of the molecule is COc1cc(CN(C(=O)Cc2ccc(S(F)(F)(F)(F)F)cc2)C2C=CS(=O)C2)ccn1. The fourth-order valence-corrected chi connectivity index (χ4v) is 4.79. The van der Waals surface area contributed by atoms with Crippen LogP contribution in [-0.4, -0.2) is 38.9 Å². The summed E-state index contributed by atoms with van der Waals surface area (Å²) < 4.78 is 81.3. The molecule has 2 atom stereocenters. The molecule has 0 N–H and O–H groups in total. The molecule has 0 saturated carbocycles. The number of pyridine rings is 1. The van der Waals surface area contributed by atoms with Gasteiger partial charge in [0.05, 0.1) is 25.3 Å². The average molecular weight is 482 g/mol. The maximum absolute atomic E-state index is 13.0. The van der Waals surface area contributed by atoms with Gasteiger partial charge in [0.15, 0.2) is 0 Å². The van der Waals surface area contributed by atoms with Gasteiger partial charge in [0, 0.05) is 35.0 Å². The highest BCUT2D eigenvalue weighted by molar-refractivity contribution is 8.45. The molecule has 5 nitrogen and oxygen atoms in total. The first-order valence-electron chi connectivity index (χ1n) is 8.92. The number of nitrogens with zero attached hydrogens (tertiary/aromatic N) is 2. The van der Waals surface area contributed by atoms with Crippen molar-refractivity contribution in [3.8, 4) is 5.88 Å². The summed E-state index contributed by atoms with van der Waals surface area (Å²) in [5.74, 6) is 0.0725. The third-order valence-electron chi connectivity index (χ3n) is 4.59. The third-order valence-corrected chi connectivity index (χ3v) is 6.89. The highest BCUT2D eigenvalue weighted by Crippen LogP contribution is 3.02. The van der Waals surface area contributed by atoms with Gasteiger partial charge in [-0.1, -0.05) is 37.6 Å². The van der Waals surface area contributed by atoms with Crippen LogP contribution in [0.1, 0.15) is 11.1 Å². The van der Waals surface area contributed by atoms with Crippen LogP contribution in [0.2, 0.25) is 0 Å². The summed E-state index contributed by atoms with van der Waals surface area (Å²) in [6.45, 7) is 0.119. The first-order valence-corrected chi connectivity index (χ1v) is 12.3. The molecule has 0 aliphatic carbocycles. The van der Waals surface area contributed by atoms with Crippen molar-refractivity contribution in [1.29, 1.82) is 0 Å². The maximum Gasteiger partial charge on any atom is 0.310 e. The molecule has 0 spiro atoms. The van der Waals surface area contributed by atoms with Crippen molar-refractivity contribution in [2.24, 2.45) is 0 Å². The van der Waals surface area contributed by atoms with E-state index in [1.807, 2.05) is 0 Å². The van der Waals surface area contributed by atoms with Crippen molar-refractivity contribution in [3.05, 3.63) is 65.2 Å². The van der Waals surface area contributed by atoms with Gasteiger partial charge in [0.25, 0.3) is 0 Å². The lowest BCUT2D eigenvalue weighted by Crippen LogP contribution is -2.40. The largest absolute Gasteiger partial charge is 0.481 e. The van der Waals surface area contributed by atoms with Gasteiger partial charge in [0.1, 0.15) is 4.90 Å². The van der Waals surface area contributed by atoms with Crippen molar-refractivity contribution in [2.75, 3.05) is 12.9 Å². The first-order chi connectivity index (χ1) is 14.2. The van der Waals surface area contributed by atoms with Crippen LogP contribution >= 0.6 is 10.2 Å². The number of methoxy groups -OCH3 is 1. The van der Waals surface area contributed by atoms with E-state index in [1.165, 1.54) is 23.6 Å². The number of rotatable bonds is 7. The zero-order valence-corrected chi connectivity index (χ0v) is 17.9. The van der Waals surface area contributed by atoms with Crippen molar-refractivity contribution in [1.82, 2.24) is 9.88 Å².